The maximum absolute atomic E-state index is 4.42. The van der Waals surface area contributed by atoms with Crippen molar-refractivity contribution in [1.29, 1.82) is 0 Å². The van der Waals surface area contributed by atoms with E-state index in [0.29, 0.717) is 17.5 Å². The molecule has 14 rings (SSSR count). The predicted molar refractivity (Wildman–Crippen MR) is 441 cm³/mol. The molecule has 2 fully saturated rings. The van der Waals surface area contributed by atoms with E-state index in [1.807, 2.05) is 179 Å². The molecule has 2 saturated heterocycles. The predicted octanol–water partition coefficient (Wildman–Crippen LogP) is 21.6. The first-order valence-corrected chi connectivity index (χ1v) is 39.3. The zero-order valence-corrected chi connectivity index (χ0v) is 72.2. The van der Waals surface area contributed by atoms with Crippen molar-refractivity contribution < 1.29 is 9.39 Å². The number of nitrogens with zero attached hydrogens (tertiary/aromatic N) is 20. The Bertz CT molecular complexity index is 3530. The summed E-state index contributed by atoms with van der Waals surface area (Å²) in [5.74, 6) is 5.52. The second-order valence-electron chi connectivity index (χ2n) is 31.7. The van der Waals surface area contributed by atoms with Gasteiger partial charge in [0, 0.05) is 102 Å². The van der Waals surface area contributed by atoms with Gasteiger partial charge >= 0.3 is 0 Å². The first kappa shape index (κ1) is 96.8. The minimum absolute atomic E-state index is 0. The summed E-state index contributed by atoms with van der Waals surface area (Å²) in [5.41, 5.74) is 9.32. The van der Waals surface area contributed by atoms with Crippen LogP contribution in [0.1, 0.15) is 322 Å². The number of aromatic nitrogens is 14. The Labute approximate surface area is 633 Å². The fourth-order valence-electron chi connectivity index (χ4n) is 11.9. The summed E-state index contributed by atoms with van der Waals surface area (Å²) >= 11 is 0. The van der Waals surface area contributed by atoms with Gasteiger partial charge in [0.15, 0.2) is 18.2 Å². The van der Waals surface area contributed by atoms with Crippen LogP contribution in [0.15, 0.2) is 107 Å². The summed E-state index contributed by atoms with van der Waals surface area (Å²) in [6.45, 7) is 80.4. The lowest BCUT2D eigenvalue weighted by Gasteiger charge is -2.26. The van der Waals surface area contributed by atoms with E-state index in [4.69, 9.17) is 0 Å². The Morgan fingerprint density at radius 1 is 0.433 bits per heavy atom. The molecule has 20 heteroatoms. The van der Waals surface area contributed by atoms with Gasteiger partial charge in [0.2, 0.25) is 11.8 Å². The number of pyridine rings is 3. The third-order valence-corrected chi connectivity index (χ3v) is 16.5. The average Bonchev–Trinajstić information content (AvgIpc) is 1.67. The molecule has 6 aliphatic rings. The monoisotopic (exact) mass is 1440 g/mol. The molecule has 0 saturated carbocycles. The van der Waals surface area contributed by atoms with E-state index in [-0.39, 0.29) is 39.9 Å². The Balaban J connectivity index is 0.00000115. The quantitative estimate of drug-likeness (QED) is 0.132. The highest BCUT2D eigenvalue weighted by atomic mass is 15.5. The van der Waals surface area contributed by atoms with Gasteiger partial charge in [0.05, 0.1) is 34.6 Å². The fourth-order valence-corrected chi connectivity index (χ4v) is 11.9. The zero-order chi connectivity index (χ0) is 79.1. The van der Waals surface area contributed by atoms with Crippen molar-refractivity contribution in [2.45, 2.75) is 347 Å². The van der Waals surface area contributed by atoms with Crippen molar-refractivity contribution >= 4 is 22.4 Å². The zero-order valence-electron chi connectivity index (χ0n) is 72.2. The first-order valence-electron chi connectivity index (χ1n) is 39.3. The highest BCUT2D eigenvalue weighted by Crippen LogP contribution is 2.37. The number of aryl methyl sites for hydroxylation is 1. The van der Waals surface area contributed by atoms with Gasteiger partial charge in [-0.2, -0.15) is 9.80 Å². The lowest BCUT2D eigenvalue weighted by atomic mass is 9.82. The van der Waals surface area contributed by atoms with E-state index in [9.17, 15) is 0 Å². The molecule has 14 heterocycles. The minimum atomic E-state index is 0. The average molecular weight is 1440 g/mol. The van der Waals surface area contributed by atoms with Gasteiger partial charge in [-0.1, -0.05) is 273 Å². The van der Waals surface area contributed by atoms with Crippen molar-refractivity contribution in [1.82, 2.24) is 73.5 Å². The number of hydrogen-bond donors (Lipinski definition) is 0. The lowest BCUT2D eigenvalue weighted by Crippen LogP contribution is -2.33. The van der Waals surface area contributed by atoms with Gasteiger partial charge in [-0.3, -0.25) is 9.30 Å². The van der Waals surface area contributed by atoms with Crippen LogP contribution in [-0.4, -0.2) is 127 Å². The molecule has 8 aromatic heterocycles. The highest BCUT2D eigenvalue weighted by molar-refractivity contribution is 5.93. The maximum atomic E-state index is 4.42. The Hall–Kier alpha value is -7.22. The second-order valence-corrected chi connectivity index (χ2v) is 31.7. The highest BCUT2D eigenvalue weighted by Gasteiger charge is 2.44. The van der Waals surface area contributed by atoms with Gasteiger partial charge in [-0.25, -0.2) is 9.03 Å². The molecule has 104 heavy (non-hydrogen) atoms. The van der Waals surface area contributed by atoms with Crippen LogP contribution >= 0.6 is 0 Å². The standard InChI is InChI=1S/C11H14N2.C10H18N4.2C10H13N3.C10H17N2.C9H15N3.C9H16N3.7C2H6.CH4/c1-11(2,3)9-8-12-13-7-5-4-6-10(9)13;1-10(2,3)9-12-11-8-7-13(4)5-6-14(8)9;1-10(2,3)9-12-11-8-6-4-5-7-13(8)9;1-10(2,3)9-8-6-4-5-7-13(8)12-11-9;1-10(2,3)8-7-11-12-6-4-5-9(8)12;1-9(2,3)8-11-10-7-5-4-6-12(7)8;1-9(2,3)8-7-5-4-6-12(7)11-10-8;7*1-2;/h4-8H,1-3H3;5-7H2,1-4H3;2*4-7H,1-3H3;7,9H,4-6H2,1-3H3;4-6H2,1-3H3;7H,4-6H2,1-3H3;7*1-2H3;1H4/q;;;;+1;;+1;;;;;;;;. The normalized spacial score (nSPS) is 15.9. The Kier molecular flexibility index (Phi) is 41.6. The third-order valence-electron chi connectivity index (χ3n) is 16.5. The Morgan fingerprint density at radius 3 is 1.45 bits per heavy atom. The van der Waals surface area contributed by atoms with E-state index >= 15 is 0 Å². The van der Waals surface area contributed by atoms with Gasteiger partial charge < -0.3 is 9.13 Å². The maximum Gasteiger partial charge on any atom is 0.209 e. The fraction of sp³-hybridized carbons (Fsp3) is 0.690. The van der Waals surface area contributed by atoms with Crippen molar-refractivity contribution in [3.8, 4) is 0 Å². The van der Waals surface area contributed by atoms with Crippen LogP contribution in [0.2, 0.25) is 0 Å². The summed E-state index contributed by atoms with van der Waals surface area (Å²) in [7, 11) is 2.12. The second kappa shape index (κ2) is 44.7. The molecule has 0 aliphatic carbocycles. The van der Waals surface area contributed by atoms with Gasteiger partial charge in [-0.15, -0.1) is 40.4 Å². The molecular weight excluding hydrogens is 1290 g/mol. The number of hydrogen-bond acceptors (Lipinski definition) is 13. The van der Waals surface area contributed by atoms with E-state index in [2.05, 4.69) is 250 Å². The smallest absolute Gasteiger partial charge is 0.209 e. The summed E-state index contributed by atoms with van der Waals surface area (Å²) in [4.78, 5) is 2.27. The summed E-state index contributed by atoms with van der Waals surface area (Å²) in [5, 5.41) is 50.6. The number of rotatable bonds is 0. The summed E-state index contributed by atoms with van der Waals surface area (Å²) < 4.78 is 14.6. The minimum Gasteiger partial charge on any atom is -0.315 e. The topological polar surface area (TPSA) is 185 Å². The van der Waals surface area contributed by atoms with Crippen molar-refractivity contribution in [2.75, 3.05) is 26.7 Å². The number of likely N-dealkylation sites (N-methyl/N-ethyl adjacent to an activating group) is 1. The molecular formula is C84H152N20+2. The van der Waals surface area contributed by atoms with Crippen LogP contribution in [-0.2, 0) is 53.1 Å². The number of fused-ring (bicyclic) bond motifs is 7. The molecule has 586 valence electrons. The molecule has 20 nitrogen and oxygen atoms in total. The van der Waals surface area contributed by atoms with Gasteiger partial charge in [-0.05, 0) is 72.2 Å². The van der Waals surface area contributed by atoms with Crippen molar-refractivity contribution in [2.24, 2.45) is 26.3 Å². The van der Waals surface area contributed by atoms with E-state index in [1.165, 1.54) is 60.3 Å². The van der Waals surface area contributed by atoms with E-state index < -0.39 is 0 Å². The molecule has 0 N–H and O–H groups in total. The van der Waals surface area contributed by atoms with Crippen LogP contribution in [0.3, 0.4) is 0 Å². The molecule has 0 amide bonds. The number of azo groups is 2. The van der Waals surface area contributed by atoms with Crippen LogP contribution in [0.4, 0.5) is 0 Å². The molecule has 2 atom stereocenters. The molecule has 0 radical (unpaired) electrons. The first-order chi connectivity index (χ1) is 48.5. The SMILES string of the molecule is C.CC.CC.CC.CC.CC.CC.CC.CC(C)(C)C1=CN=[N+]2CCCC12.CC(C)(C)C1=NN=[N+]2CCCC12.CC(C)(C)c1cnn2ccccc12.CC(C)(C)c1nnc2ccccn12.CC(C)(C)c1nnc2n1CCC2.CC(C)(C)c1nnn2ccccc12.CN1CCn2c(nnc2C(C)(C)C)C1. The molecule has 0 aromatic carbocycles. The lowest BCUT2D eigenvalue weighted by molar-refractivity contribution is -0.591. The van der Waals surface area contributed by atoms with Gasteiger partial charge in [0.1, 0.15) is 47.1 Å². The van der Waals surface area contributed by atoms with Crippen molar-refractivity contribution in [3.63, 3.8) is 0 Å². The molecule has 8 aromatic rings. The molecule has 2 unspecified atom stereocenters. The Morgan fingerprint density at radius 2 is 0.923 bits per heavy atom. The van der Waals surface area contributed by atoms with Gasteiger partial charge in [0.25, 0.3) is 0 Å². The van der Waals surface area contributed by atoms with E-state index in [1.54, 1.807) is 4.52 Å². The molecule has 0 bridgehead atoms. The summed E-state index contributed by atoms with van der Waals surface area (Å²) in [6, 6.07) is 19.2. The van der Waals surface area contributed by atoms with Crippen LogP contribution < -0.4 is 0 Å². The largest absolute Gasteiger partial charge is 0.315 e. The third kappa shape index (κ3) is 27.6. The molecule has 0 spiro atoms. The van der Waals surface area contributed by atoms with Crippen LogP contribution in [0.5, 0.6) is 0 Å². The van der Waals surface area contributed by atoms with Crippen LogP contribution in [0.25, 0.3) is 16.7 Å². The van der Waals surface area contributed by atoms with E-state index in [0.717, 1.165) is 85.8 Å². The van der Waals surface area contributed by atoms with Crippen molar-refractivity contribution in [3.05, 3.63) is 132 Å². The van der Waals surface area contributed by atoms with Crippen LogP contribution in [0, 0.1) is 10.8 Å². The molecule has 6 aliphatic heterocycles. The summed E-state index contributed by atoms with van der Waals surface area (Å²) in [6.07, 6.45) is 17.4.